The quantitative estimate of drug-likeness (QED) is 0.515. The predicted octanol–water partition coefficient (Wildman–Crippen LogP) is 5.04. The highest BCUT2D eigenvalue weighted by molar-refractivity contribution is 5.94. The number of carbonyl (C=O) groups is 1. The second kappa shape index (κ2) is 7.49. The number of hydrogen-bond donors (Lipinski definition) is 1. The first-order valence-corrected chi connectivity index (χ1v) is 8.00. The van der Waals surface area contributed by atoms with E-state index in [9.17, 15) is 18.0 Å². The van der Waals surface area contributed by atoms with Crippen molar-refractivity contribution < 1.29 is 22.4 Å². The van der Waals surface area contributed by atoms with Crippen molar-refractivity contribution in [3.8, 4) is 11.3 Å². The average molecular weight is 372 g/mol. The van der Waals surface area contributed by atoms with Crippen LogP contribution in [0.5, 0.6) is 0 Å². The molecule has 1 heterocycles. The summed E-state index contributed by atoms with van der Waals surface area (Å²) in [5.41, 5.74) is 3.34. The summed E-state index contributed by atoms with van der Waals surface area (Å²) in [6.45, 7) is 1.87. The Kier molecular flexibility index (Phi) is 5.12. The lowest BCUT2D eigenvalue weighted by molar-refractivity contribution is -0.137. The van der Waals surface area contributed by atoms with Crippen LogP contribution in [0.4, 0.5) is 13.2 Å². The molecule has 27 heavy (non-hydrogen) atoms. The van der Waals surface area contributed by atoms with Crippen LogP contribution in [-0.2, 0) is 6.18 Å². The average Bonchev–Trinajstić information content (AvgIpc) is 3.10. The summed E-state index contributed by atoms with van der Waals surface area (Å²) in [6.07, 6.45) is -3.14. The highest BCUT2D eigenvalue weighted by atomic mass is 19.4. The maximum Gasteiger partial charge on any atom is 0.416 e. The number of nitrogens with one attached hydrogen (secondary N) is 1. The Balaban J connectivity index is 1.69. The summed E-state index contributed by atoms with van der Waals surface area (Å²) >= 11 is 0. The molecule has 0 atom stereocenters. The van der Waals surface area contributed by atoms with Crippen LogP contribution in [0.2, 0.25) is 0 Å². The van der Waals surface area contributed by atoms with Gasteiger partial charge in [0.05, 0.1) is 11.8 Å². The van der Waals surface area contributed by atoms with Crippen molar-refractivity contribution in [2.45, 2.75) is 13.1 Å². The van der Waals surface area contributed by atoms with Crippen LogP contribution in [0.15, 0.2) is 70.2 Å². The third-order valence-corrected chi connectivity index (χ3v) is 3.74. The SMILES string of the molecule is Cc1cccc(C(=O)N/N=C/c2ccc(-c3cccc(C(F)(F)F)c3)o2)c1. The van der Waals surface area contributed by atoms with Gasteiger partial charge in [-0.15, -0.1) is 0 Å². The Morgan fingerprint density at radius 3 is 2.59 bits per heavy atom. The van der Waals surface area contributed by atoms with Gasteiger partial charge in [0, 0.05) is 11.1 Å². The van der Waals surface area contributed by atoms with E-state index in [2.05, 4.69) is 10.5 Å². The third-order valence-electron chi connectivity index (χ3n) is 3.74. The molecule has 0 saturated heterocycles. The molecule has 7 heteroatoms. The standard InChI is InChI=1S/C20H15F3N2O2/c1-13-4-2-6-15(10-13)19(26)25-24-12-17-8-9-18(27-17)14-5-3-7-16(11-14)20(21,22)23/h2-12H,1H3,(H,25,26)/b24-12+. The maximum atomic E-state index is 12.8. The van der Waals surface area contributed by atoms with Crippen molar-refractivity contribution in [3.05, 3.63) is 83.1 Å². The molecular weight excluding hydrogens is 357 g/mol. The number of benzene rings is 2. The molecule has 0 bridgehead atoms. The van der Waals surface area contributed by atoms with Gasteiger partial charge in [0.1, 0.15) is 11.5 Å². The summed E-state index contributed by atoms with van der Waals surface area (Å²) in [6, 6.07) is 15.0. The Labute approximate surface area is 153 Å². The lowest BCUT2D eigenvalue weighted by Crippen LogP contribution is -2.17. The third kappa shape index (κ3) is 4.63. The van der Waals surface area contributed by atoms with E-state index in [0.29, 0.717) is 16.9 Å². The molecule has 0 aliphatic heterocycles. The minimum absolute atomic E-state index is 0.271. The number of carbonyl (C=O) groups excluding carboxylic acids is 1. The molecule has 3 rings (SSSR count). The van der Waals surface area contributed by atoms with Crippen molar-refractivity contribution in [2.24, 2.45) is 5.10 Å². The highest BCUT2D eigenvalue weighted by Gasteiger charge is 2.30. The summed E-state index contributed by atoms with van der Waals surface area (Å²) in [7, 11) is 0. The molecule has 0 saturated carbocycles. The van der Waals surface area contributed by atoms with Gasteiger partial charge >= 0.3 is 6.18 Å². The fourth-order valence-corrected chi connectivity index (χ4v) is 2.43. The number of hydrazone groups is 1. The van der Waals surface area contributed by atoms with E-state index in [4.69, 9.17) is 4.42 Å². The van der Waals surface area contributed by atoms with E-state index >= 15 is 0 Å². The molecule has 0 spiro atoms. The van der Waals surface area contributed by atoms with Gasteiger partial charge in [-0.3, -0.25) is 4.79 Å². The van der Waals surface area contributed by atoms with Crippen LogP contribution in [0.1, 0.15) is 27.2 Å². The largest absolute Gasteiger partial charge is 0.455 e. The minimum atomic E-state index is -4.42. The number of rotatable bonds is 4. The van der Waals surface area contributed by atoms with Gasteiger partial charge in [-0.05, 0) is 43.3 Å². The fourth-order valence-electron chi connectivity index (χ4n) is 2.43. The van der Waals surface area contributed by atoms with Crippen LogP contribution >= 0.6 is 0 Å². The van der Waals surface area contributed by atoms with Crippen LogP contribution in [0.3, 0.4) is 0 Å². The van der Waals surface area contributed by atoms with Gasteiger partial charge in [0.25, 0.3) is 5.91 Å². The molecule has 0 radical (unpaired) electrons. The van der Waals surface area contributed by atoms with Gasteiger partial charge in [-0.25, -0.2) is 5.43 Å². The Bertz CT molecular complexity index is 991. The number of amides is 1. The van der Waals surface area contributed by atoms with Crippen molar-refractivity contribution in [2.75, 3.05) is 0 Å². The zero-order valence-electron chi connectivity index (χ0n) is 14.2. The second-order valence-electron chi connectivity index (χ2n) is 5.85. The Morgan fingerprint density at radius 1 is 1.07 bits per heavy atom. The summed E-state index contributed by atoms with van der Waals surface area (Å²) in [5.74, 6) is 0.194. The van der Waals surface area contributed by atoms with Crippen LogP contribution in [0, 0.1) is 6.92 Å². The number of halogens is 3. The second-order valence-corrected chi connectivity index (χ2v) is 5.85. The van der Waals surface area contributed by atoms with E-state index in [0.717, 1.165) is 17.7 Å². The van der Waals surface area contributed by atoms with E-state index in [-0.39, 0.29) is 11.7 Å². The molecule has 0 fully saturated rings. The predicted molar refractivity (Wildman–Crippen MR) is 95.4 cm³/mol. The van der Waals surface area contributed by atoms with Crippen molar-refractivity contribution in [3.63, 3.8) is 0 Å². The summed E-state index contributed by atoms with van der Waals surface area (Å²) in [4.78, 5) is 12.0. The zero-order chi connectivity index (χ0) is 19.4. The molecule has 1 N–H and O–H groups in total. The van der Waals surface area contributed by atoms with Crippen LogP contribution in [0.25, 0.3) is 11.3 Å². The summed E-state index contributed by atoms with van der Waals surface area (Å²) < 4.78 is 43.9. The number of alkyl halides is 3. The lowest BCUT2D eigenvalue weighted by atomic mass is 10.1. The van der Waals surface area contributed by atoms with Gasteiger partial charge in [-0.1, -0.05) is 29.8 Å². The molecule has 4 nitrogen and oxygen atoms in total. The van der Waals surface area contributed by atoms with Crippen LogP contribution < -0.4 is 5.43 Å². The van der Waals surface area contributed by atoms with Crippen molar-refractivity contribution in [1.29, 1.82) is 0 Å². The smallest absolute Gasteiger partial charge is 0.416 e. The van der Waals surface area contributed by atoms with Gasteiger partial charge in [0.15, 0.2) is 0 Å². The van der Waals surface area contributed by atoms with E-state index in [1.807, 2.05) is 13.0 Å². The van der Waals surface area contributed by atoms with Gasteiger partial charge < -0.3 is 4.42 Å². The number of nitrogens with zero attached hydrogens (tertiary/aromatic N) is 1. The van der Waals surface area contributed by atoms with Crippen molar-refractivity contribution >= 4 is 12.1 Å². The maximum absolute atomic E-state index is 12.8. The molecule has 0 aliphatic rings. The lowest BCUT2D eigenvalue weighted by Gasteiger charge is -2.07. The number of furan rings is 1. The molecule has 2 aromatic carbocycles. The molecule has 0 aliphatic carbocycles. The first-order valence-electron chi connectivity index (χ1n) is 8.00. The first kappa shape index (κ1) is 18.4. The topological polar surface area (TPSA) is 54.6 Å². The van der Waals surface area contributed by atoms with E-state index < -0.39 is 11.7 Å². The van der Waals surface area contributed by atoms with Gasteiger partial charge in [0.2, 0.25) is 0 Å². The molecule has 138 valence electrons. The molecule has 3 aromatic rings. The molecular formula is C20H15F3N2O2. The van der Waals surface area contributed by atoms with E-state index in [1.54, 1.807) is 30.3 Å². The van der Waals surface area contributed by atoms with E-state index in [1.165, 1.54) is 18.3 Å². The number of aryl methyl sites for hydroxylation is 1. The van der Waals surface area contributed by atoms with Gasteiger partial charge in [-0.2, -0.15) is 18.3 Å². The first-order chi connectivity index (χ1) is 12.8. The molecule has 1 amide bonds. The normalized spacial score (nSPS) is 11.7. The van der Waals surface area contributed by atoms with Crippen molar-refractivity contribution in [1.82, 2.24) is 5.43 Å². The minimum Gasteiger partial charge on any atom is -0.455 e. The highest BCUT2D eigenvalue weighted by Crippen LogP contribution is 2.32. The fraction of sp³-hybridized carbons (Fsp3) is 0.100. The van der Waals surface area contributed by atoms with Crippen LogP contribution in [-0.4, -0.2) is 12.1 Å². The molecule has 0 unspecified atom stereocenters. The molecule has 1 aromatic heterocycles. The zero-order valence-corrected chi connectivity index (χ0v) is 14.2. The summed E-state index contributed by atoms with van der Waals surface area (Å²) in [5, 5.41) is 3.81. The monoisotopic (exact) mass is 372 g/mol. The Hall–Kier alpha value is -3.35. The Morgan fingerprint density at radius 2 is 1.85 bits per heavy atom. The number of hydrogen-bond acceptors (Lipinski definition) is 3.